The summed E-state index contributed by atoms with van der Waals surface area (Å²) in [5.41, 5.74) is 2.68. The van der Waals surface area contributed by atoms with E-state index < -0.39 is 10.0 Å². The molecule has 22 heavy (non-hydrogen) atoms. The molecule has 0 spiro atoms. The van der Waals surface area contributed by atoms with Crippen molar-refractivity contribution in [2.75, 3.05) is 6.54 Å². The molecule has 0 aliphatic heterocycles. The second kappa shape index (κ2) is 6.29. The third-order valence-electron chi connectivity index (χ3n) is 3.48. The van der Waals surface area contributed by atoms with E-state index in [0.717, 1.165) is 18.4 Å². The third-order valence-corrected chi connectivity index (χ3v) is 4.94. The molecule has 5 nitrogen and oxygen atoms in total. The van der Waals surface area contributed by atoms with Crippen LogP contribution in [0, 0.1) is 0 Å². The molecule has 0 aliphatic carbocycles. The predicted molar refractivity (Wildman–Crippen MR) is 86.0 cm³/mol. The molecular formula is C16H17N3O2S. The first kappa shape index (κ1) is 14.7. The minimum Gasteiger partial charge on any atom is -0.345 e. The van der Waals surface area contributed by atoms with Crippen molar-refractivity contribution in [2.45, 2.75) is 17.7 Å². The van der Waals surface area contributed by atoms with Crippen molar-refractivity contribution >= 4 is 21.1 Å². The number of aryl methyl sites for hydroxylation is 1. The molecule has 0 fully saturated rings. The Bertz CT molecular complexity index is 857. The highest BCUT2D eigenvalue weighted by Gasteiger charge is 2.14. The SMILES string of the molecule is O=S(=O)(NCCCc1ccccc1)c1ccc2nc[nH]c2c1. The number of nitrogens with zero attached hydrogens (tertiary/aromatic N) is 1. The van der Waals surface area contributed by atoms with Gasteiger partial charge < -0.3 is 4.98 Å². The molecule has 2 aromatic carbocycles. The van der Waals surface area contributed by atoms with Crippen molar-refractivity contribution in [3.63, 3.8) is 0 Å². The van der Waals surface area contributed by atoms with E-state index >= 15 is 0 Å². The third kappa shape index (κ3) is 3.35. The summed E-state index contributed by atoms with van der Waals surface area (Å²) in [6, 6.07) is 14.9. The maximum Gasteiger partial charge on any atom is 0.240 e. The fraction of sp³-hybridized carbons (Fsp3) is 0.188. The second-order valence-electron chi connectivity index (χ2n) is 5.07. The van der Waals surface area contributed by atoms with Gasteiger partial charge in [-0.3, -0.25) is 0 Å². The number of aromatic amines is 1. The molecule has 1 aromatic heterocycles. The Balaban J connectivity index is 1.61. The Kier molecular flexibility index (Phi) is 4.22. The normalized spacial score (nSPS) is 11.8. The number of sulfonamides is 1. The molecular weight excluding hydrogens is 298 g/mol. The fourth-order valence-corrected chi connectivity index (χ4v) is 3.41. The molecule has 2 N–H and O–H groups in total. The molecule has 0 radical (unpaired) electrons. The molecule has 6 heteroatoms. The van der Waals surface area contributed by atoms with E-state index in [4.69, 9.17) is 0 Å². The van der Waals surface area contributed by atoms with Gasteiger partial charge in [-0.25, -0.2) is 18.1 Å². The van der Waals surface area contributed by atoms with Gasteiger partial charge in [0.05, 0.1) is 22.3 Å². The van der Waals surface area contributed by atoms with Crippen molar-refractivity contribution in [3.8, 4) is 0 Å². The van der Waals surface area contributed by atoms with E-state index in [1.807, 2.05) is 30.3 Å². The van der Waals surface area contributed by atoms with Crippen LogP contribution in [0.1, 0.15) is 12.0 Å². The van der Waals surface area contributed by atoms with Gasteiger partial charge in [0.15, 0.2) is 0 Å². The number of rotatable bonds is 6. The van der Waals surface area contributed by atoms with Crippen molar-refractivity contribution in [1.82, 2.24) is 14.7 Å². The predicted octanol–water partition coefficient (Wildman–Crippen LogP) is 2.47. The Labute approximate surface area is 129 Å². The van der Waals surface area contributed by atoms with Gasteiger partial charge in [-0.2, -0.15) is 0 Å². The highest BCUT2D eigenvalue weighted by molar-refractivity contribution is 7.89. The van der Waals surface area contributed by atoms with E-state index in [-0.39, 0.29) is 4.90 Å². The molecule has 0 saturated carbocycles. The first-order valence-corrected chi connectivity index (χ1v) is 8.60. The zero-order valence-electron chi connectivity index (χ0n) is 12.0. The van der Waals surface area contributed by atoms with Gasteiger partial charge >= 0.3 is 0 Å². The van der Waals surface area contributed by atoms with Gasteiger partial charge in [0, 0.05) is 6.54 Å². The van der Waals surface area contributed by atoms with Gasteiger partial charge in [0.25, 0.3) is 0 Å². The van der Waals surface area contributed by atoms with Crippen molar-refractivity contribution in [3.05, 3.63) is 60.4 Å². The molecule has 0 bridgehead atoms. The summed E-state index contributed by atoms with van der Waals surface area (Å²) < 4.78 is 27.2. The first-order valence-electron chi connectivity index (χ1n) is 7.12. The summed E-state index contributed by atoms with van der Waals surface area (Å²) in [4.78, 5) is 7.25. The fourth-order valence-electron chi connectivity index (χ4n) is 2.31. The van der Waals surface area contributed by atoms with Crippen LogP contribution in [0.25, 0.3) is 11.0 Å². The summed E-state index contributed by atoms with van der Waals surface area (Å²) in [5.74, 6) is 0. The lowest BCUT2D eigenvalue weighted by molar-refractivity contribution is 0.579. The summed E-state index contributed by atoms with van der Waals surface area (Å²) in [6.07, 6.45) is 3.16. The minimum absolute atomic E-state index is 0.254. The largest absolute Gasteiger partial charge is 0.345 e. The molecule has 0 amide bonds. The number of H-pyrrole nitrogens is 1. The molecule has 0 atom stereocenters. The molecule has 1 heterocycles. The van der Waals surface area contributed by atoms with E-state index in [0.29, 0.717) is 12.1 Å². The maximum atomic E-state index is 12.3. The highest BCUT2D eigenvalue weighted by atomic mass is 32.2. The van der Waals surface area contributed by atoms with Gasteiger partial charge in [-0.1, -0.05) is 30.3 Å². The van der Waals surface area contributed by atoms with Gasteiger partial charge in [0.2, 0.25) is 10.0 Å². The second-order valence-corrected chi connectivity index (χ2v) is 6.84. The Morgan fingerprint density at radius 2 is 1.91 bits per heavy atom. The molecule has 0 aliphatic rings. The zero-order chi connectivity index (χ0) is 15.4. The van der Waals surface area contributed by atoms with Crippen LogP contribution < -0.4 is 4.72 Å². The molecule has 3 aromatic rings. The number of hydrogen-bond acceptors (Lipinski definition) is 3. The van der Waals surface area contributed by atoms with Crippen LogP contribution in [-0.2, 0) is 16.4 Å². The number of hydrogen-bond donors (Lipinski definition) is 2. The van der Waals surface area contributed by atoms with Crippen molar-refractivity contribution in [1.29, 1.82) is 0 Å². The topological polar surface area (TPSA) is 74.8 Å². The average Bonchev–Trinajstić information content (AvgIpc) is 3.00. The number of imidazole rings is 1. The number of nitrogens with one attached hydrogen (secondary N) is 2. The van der Waals surface area contributed by atoms with Crippen LogP contribution in [0.4, 0.5) is 0 Å². The van der Waals surface area contributed by atoms with E-state index in [1.165, 1.54) is 5.56 Å². The average molecular weight is 315 g/mol. The summed E-state index contributed by atoms with van der Waals surface area (Å²) in [6.45, 7) is 0.415. The summed E-state index contributed by atoms with van der Waals surface area (Å²) >= 11 is 0. The van der Waals surface area contributed by atoms with E-state index in [9.17, 15) is 8.42 Å². The quantitative estimate of drug-likeness (QED) is 0.686. The van der Waals surface area contributed by atoms with Gasteiger partial charge in [0.1, 0.15) is 0 Å². The van der Waals surface area contributed by atoms with Crippen LogP contribution in [0.15, 0.2) is 59.8 Å². The smallest absolute Gasteiger partial charge is 0.240 e. The lowest BCUT2D eigenvalue weighted by Gasteiger charge is -2.07. The molecule has 3 rings (SSSR count). The van der Waals surface area contributed by atoms with Crippen LogP contribution in [-0.4, -0.2) is 24.9 Å². The standard InChI is InChI=1S/C16H17N3O2S/c20-22(21,14-8-9-15-16(11-14)18-12-17-15)19-10-4-7-13-5-2-1-3-6-13/h1-3,5-6,8-9,11-12,19H,4,7,10H2,(H,17,18). The molecule has 0 saturated heterocycles. The van der Waals surface area contributed by atoms with E-state index in [2.05, 4.69) is 14.7 Å². The minimum atomic E-state index is -3.48. The highest BCUT2D eigenvalue weighted by Crippen LogP contribution is 2.15. The molecule has 114 valence electrons. The van der Waals surface area contributed by atoms with E-state index in [1.54, 1.807) is 24.5 Å². The first-order chi connectivity index (χ1) is 10.6. The summed E-state index contributed by atoms with van der Waals surface area (Å²) in [5, 5.41) is 0. The van der Waals surface area contributed by atoms with Gasteiger partial charge in [-0.05, 0) is 36.6 Å². The Hall–Kier alpha value is -2.18. The van der Waals surface area contributed by atoms with Crippen molar-refractivity contribution < 1.29 is 8.42 Å². The van der Waals surface area contributed by atoms with Crippen LogP contribution >= 0.6 is 0 Å². The number of benzene rings is 2. The Morgan fingerprint density at radius 1 is 1.09 bits per heavy atom. The maximum absolute atomic E-state index is 12.3. The monoisotopic (exact) mass is 315 g/mol. The number of fused-ring (bicyclic) bond motifs is 1. The van der Waals surface area contributed by atoms with Crippen LogP contribution in [0.2, 0.25) is 0 Å². The van der Waals surface area contributed by atoms with Gasteiger partial charge in [-0.15, -0.1) is 0 Å². The lowest BCUT2D eigenvalue weighted by atomic mass is 10.1. The zero-order valence-corrected chi connectivity index (χ0v) is 12.8. The van der Waals surface area contributed by atoms with Crippen LogP contribution in [0.5, 0.6) is 0 Å². The van der Waals surface area contributed by atoms with Crippen molar-refractivity contribution in [2.24, 2.45) is 0 Å². The van der Waals surface area contributed by atoms with Crippen LogP contribution in [0.3, 0.4) is 0 Å². The summed E-state index contributed by atoms with van der Waals surface area (Å²) in [7, 11) is -3.48. The number of aromatic nitrogens is 2. The Morgan fingerprint density at radius 3 is 2.73 bits per heavy atom. The lowest BCUT2D eigenvalue weighted by Crippen LogP contribution is -2.25. The molecule has 0 unspecified atom stereocenters.